The third-order valence-corrected chi connectivity index (χ3v) is 3.87. The van der Waals surface area contributed by atoms with E-state index in [2.05, 4.69) is 51.6 Å². The maximum Gasteiger partial charge on any atom is 0.101 e. The molecule has 0 aliphatic carbocycles. The number of hydrogen-bond acceptors (Lipinski definition) is 2. The maximum absolute atomic E-state index is 9.19. The van der Waals surface area contributed by atoms with E-state index in [9.17, 15) is 5.26 Å². The zero-order valence-corrected chi connectivity index (χ0v) is 13.1. The van der Waals surface area contributed by atoms with Gasteiger partial charge in [-0.05, 0) is 59.7 Å². The van der Waals surface area contributed by atoms with E-state index in [1.165, 1.54) is 5.39 Å². The van der Waals surface area contributed by atoms with Crippen molar-refractivity contribution >= 4 is 38.1 Å². The van der Waals surface area contributed by atoms with Gasteiger partial charge in [0.1, 0.15) is 6.07 Å². The zero-order chi connectivity index (χ0) is 14.8. The van der Waals surface area contributed by atoms with Crippen molar-refractivity contribution in [1.29, 1.82) is 5.26 Å². The highest BCUT2D eigenvalue weighted by Crippen LogP contribution is 2.26. The summed E-state index contributed by atoms with van der Waals surface area (Å²) in [5.41, 5.74) is 3.60. The Labute approximate surface area is 132 Å². The molecule has 2 nitrogen and oxygen atoms in total. The highest BCUT2D eigenvalue weighted by atomic mass is 79.9. The molecule has 0 saturated heterocycles. The Morgan fingerprint density at radius 1 is 0.952 bits per heavy atom. The molecule has 0 spiro atoms. The van der Waals surface area contributed by atoms with Crippen LogP contribution >= 0.6 is 15.9 Å². The molecular weight excluding hydrogens is 324 g/mol. The Morgan fingerprint density at radius 3 is 2.52 bits per heavy atom. The predicted octanol–water partition coefficient (Wildman–Crippen LogP) is 5.53. The SMILES string of the molecule is Cc1ccc(C#N)c(Nc2ccc3cc(Br)ccc3c2)c1. The quantitative estimate of drug-likeness (QED) is 0.668. The average molecular weight is 337 g/mol. The maximum atomic E-state index is 9.19. The number of hydrogen-bond donors (Lipinski definition) is 1. The molecule has 0 atom stereocenters. The third-order valence-electron chi connectivity index (χ3n) is 3.38. The Morgan fingerprint density at radius 2 is 1.71 bits per heavy atom. The third kappa shape index (κ3) is 2.91. The fraction of sp³-hybridized carbons (Fsp3) is 0.0556. The first kappa shape index (κ1) is 13.7. The monoisotopic (exact) mass is 336 g/mol. The van der Waals surface area contributed by atoms with Crippen molar-refractivity contribution < 1.29 is 0 Å². The van der Waals surface area contributed by atoms with E-state index >= 15 is 0 Å². The second-order valence-corrected chi connectivity index (χ2v) is 5.91. The number of rotatable bonds is 2. The highest BCUT2D eigenvalue weighted by molar-refractivity contribution is 9.10. The van der Waals surface area contributed by atoms with E-state index in [4.69, 9.17) is 0 Å². The molecule has 0 bridgehead atoms. The first-order valence-electron chi connectivity index (χ1n) is 6.63. The molecule has 0 saturated carbocycles. The minimum Gasteiger partial charge on any atom is -0.354 e. The van der Waals surface area contributed by atoms with E-state index in [-0.39, 0.29) is 0 Å². The van der Waals surface area contributed by atoms with Crippen molar-refractivity contribution in [2.75, 3.05) is 5.32 Å². The summed E-state index contributed by atoms with van der Waals surface area (Å²) >= 11 is 3.48. The lowest BCUT2D eigenvalue weighted by Crippen LogP contribution is -1.94. The molecule has 0 fully saturated rings. The van der Waals surface area contributed by atoms with Crippen LogP contribution in [0, 0.1) is 18.3 Å². The van der Waals surface area contributed by atoms with Gasteiger partial charge in [-0.1, -0.05) is 34.1 Å². The second-order valence-electron chi connectivity index (χ2n) is 4.99. The fourth-order valence-corrected chi connectivity index (χ4v) is 2.69. The summed E-state index contributed by atoms with van der Waals surface area (Å²) in [5, 5.41) is 14.9. The van der Waals surface area contributed by atoms with Crippen LogP contribution in [0.2, 0.25) is 0 Å². The lowest BCUT2D eigenvalue weighted by Gasteiger charge is -2.10. The van der Waals surface area contributed by atoms with Crippen molar-refractivity contribution in [3.8, 4) is 6.07 Å². The largest absolute Gasteiger partial charge is 0.354 e. The van der Waals surface area contributed by atoms with Gasteiger partial charge in [0.05, 0.1) is 11.3 Å². The van der Waals surface area contributed by atoms with Crippen LogP contribution in [0.3, 0.4) is 0 Å². The summed E-state index contributed by atoms with van der Waals surface area (Å²) in [6.45, 7) is 2.02. The summed E-state index contributed by atoms with van der Waals surface area (Å²) in [5.74, 6) is 0. The summed E-state index contributed by atoms with van der Waals surface area (Å²) in [7, 11) is 0. The van der Waals surface area contributed by atoms with Crippen LogP contribution in [0.4, 0.5) is 11.4 Å². The molecule has 0 unspecified atom stereocenters. The lowest BCUT2D eigenvalue weighted by atomic mass is 10.1. The van der Waals surface area contributed by atoms with Gasteiger partial charge in [0.25, 0.3) is 0 Å². The second kappa shape index (κ2) is 5.59. The minimum atomic E-state index is 0.650. The van der Waals surface area contributed by atoms with Crippen molar-refractivity contribution in [1.82, 2.24) is 0 Å². The summed E-state index contributed by atoms with van der Waals surface area (Å²) in [6.07, 6.45) is 0. The van der Waals surface area contributed by atoms with Crippen LogP contribution in [-0.4, -0.2) is 0 Å². The van der Waals surface area contributed by atoms with Gasteiger partial charge >= 0.3 is 0 Å². The topological polar surface area (TPSA) is 35.8 Å². The number of fused-ring (bicyclic) bond motifs is 1. The highest BCUT2D eigenvalue weighted by Gasteiger charge is 2.04. The molecule has 3 aromatic carbocycles. The van der Waals surface area contributed by atoms with Gasteiger partial charge in [-0.15, -0.1) is 0 Å². The van der Waals surface area contributed by atoms with Crippen LogP contribution < -0.4 is 5.32 Å². The molecule has 0 radical (unpaired) electrons. The number of benzene rings is 3. The molecular formula is C18H13BrN2. The minimum absolute atomic E-state index is 0.650. The molecule has 3 rings (SSSR count). The summed E-state index contributed by atoms with van der Waals surface area (Å²) in [6, 6.07) is 20.4. The van der Waals surface area contributed by atoms with Crippen LogP contribution in [-0.2, 0) is 0 Å². The molecule has 1 N–H and O–H groups in total. The first-order valence-corrected chi connectivity index (χ1v) is 7.42. The molecule has 102 valence electrons. The Balaban J connectivity index is 2.00. The van der Waals surface area contributed by atoms with Crippen molar-refractivity contribution in [3.63, 3.8) is 0 Å². The normalized spacial score (nSPS) is 10.3. The van der Waals surface area contributed by atoms with Gasteiger partial charge in [0.15, 0.2) is 0 Å². The average Bonchev–Trinajstić information content (AvgIpc) is 2.48. The molecule has 3 heteroatoms. The van der Waals surface area contributed by atoms with E-state index in [0.717, 1.165) is 26.8 Å². The molecule has 0 aliphatic heterocycles. The Kier molecular flexibility index (Phi) is 3.64. The number of nitriles is 1. The fourth-order valence-electron chi connectivity index (χ4n) is 2.31. The summed E-state index contributed by atoms with van der Waals surface area (Å²) < 4.78 is 1.07. The van der Waals surface area contributed by atoms with Crippen molar-refractivity contribution in [2.24, 2.45) is 0 Å². The van der Waals surface area contributed by atoms with Gasteiger partial charge in [0, 0.05) is 10.2 Å². The molecule has 21 heavy (non-hydrogen) atoms. The van der Waals surface area contributed by atoms with Crippen LogP contribution in [0.15, 0.2) is 59.1 Å². The van der Waals surface area contributed by atoms with Gasteiger partial charge in [0.2, 0.25) is 0 Å². The number of anilines is 2. The molecule has 0 aliphatic rings. The number of nitrogens with one attached hydrogen (secondary N) is 1. The van der Waals surface area contributed by atoms with Gasteiger partial charge < -0.3 is 5.32 Å². The van der Waals surface area contributed by atoms with E-state index in [0.29, 0.717) is 5.56 Å². The number of nitrogens with zero attached hydrogens (tertiary/aromatic N) is 1. The molecule has 3 aromatic rings. The molecule has 0 amide bonds. The Hall–Kier alpha value is -2.31. The van der Waals surface area contributed by atoms with Crippen molar-refractivity contribution in [3.05, 3.63) is 70.2 Å². The van der Waals surface area contributed by atoms with Gasteiger partial charge in [-0.2, -0.15) is 5.26 Å². The van der Waals surface area contributed by atoms with E-state index < -0.39 is 0 Å². The van der Waals surface area contributed by atoms with Crippen LogP contribution in [0.1, 0.15) is 11.1 Å². The van der Waals surface area contributed by atoms with E-state index in [1.807, 2.05) is 37.3 Å². The number of halogens is 1. The first-order chi connectivity index (χ1) is 10.2. The Bertz CT molecular complexity index is 863. The lowest BCUT2D eigenvalue weighted by molar-refractivity contribution is 1.41. The molecule has 0 aromatic heterocycles. The van der Waals surface area contributed by atoms with Crippen molar-refractivity contribution in [2.45, 2.75) is 6.92 Å². The molecule has 0 heterocycles. The van der Waals surface area contributed by atoms with Crippen LogP contribution in [0.25, 0.3) is 10.8 Å². The van der Waals surface area contributed by atoms with Gasteiger partial charge in [-0.25, -0.2) is 0 Å². The van der Waals surface area contributed by atoms with E-state index in [1.54, 1.807) is 0 Å². The van der Waals surface area contributed by atoms with Crippen LogP contribution in [0.5, 0.6) is 0 Å². The summed E-state index contributed by atoms with van der Waals surface area (Å²) in [4.78, 5) is 0. The zero-order valence-electron chi connectivity index (χ0n) is 11.5. The predicted molar refractivity (Wildman–Crippen MR) is 90.8 cm³/mol. The standard InChI is InChI=1S/C18H13BrN2/c1-12-2-3-15(11-20)18(8-12)21-17-7-5-13-9-16(19)6-4-14(13)10-17/h2-10,21H,1H3. The van der Waals surface area contributed by atoms with Gasteiger partial charge in [-0.3, -0.25) is 0 Å². The number of aryl methyl sites for hydroxylation is 1. The smallest absolute Gasteiger partial charge is 0.101 e.